The second kappa shape index (κ2) is 9.90. The van der Waals surface area contributed by atoms with Gasteiger partial charge in [-0.3, -0.25) is 4.79 Å². The van der Waals surface area contributed by atoms with Crippen LogP contribution in [0.1, 0.15) is 22.8 Å². The molecule has 8 nitrogen and oxygen atoms in total. The van der Waals surface area contributed by atoms with Gasteiger partial charge < -0.3 is 9.80 Å². The van der Waals surface area contributed by atoms with E-state index >= 15 is 0 Å². The topological polar surface area (TPSA) is 86.7 Å². The minimum atomic E-state index is -3.52. The predicted octanol–water partition coefficient (Wildman–Crippen LogP) is 2.92. The molecule has 1 aliphatic rings. The minimum Gasteiger partial charge on any atom is -0.352 e. The van der Waals surface area contributed by atoms with Gasteiger partial charge in [-0.2, -0.15) is 0 Å². The molecule has 0 spiro atoms. The highest BCUT2D eigenvalue weighted by atomic mass is 32.2. The number of benzene rings is 2. The van der Waals surface area contributed by atoms with Crippen molar-refractivity contribution in [1.29, 1.82) is 0 Å². The summed E-state index contributed by atoms with van der Waals surface area (Å²) in [5.41, 5.74) is 3.63. The van der Waals surface area contributed by atoms with Crippen molar-refractivity contribution in [2.75, 3.05) is 45.2 Å². The van der Waals surface area contributed by atoms with E-state index in [0.717, 1.165) is 27.8 Å². The Bertz CT molecular complexity index is 1230. The molecule has 3 aromatic rings. The number of hydrogen-bond acceptors (Lipinski definition) is 6. The van der Waals surface area contributed by atoms with E-state index in [1.165, 1.54) is 31.8 Å². The first-order valence-electron chi connectivity index (χ1n) is 11.3. The number of rotatable bonds is 6. The molecule has 0 atom stereocenters. The normalized spacial score (nSPS) is 14.5. The zero-order valence-electron chi connectivity index (χ0n) is 19.7. The number of nitrogens with zero attached hydrogens (tertiary/aromatic N) is 5. The molecule has 1 saturated heterocycles. The lowest BCUT2D eigenvalue weighted by molar-refractivity contribution is 0.0746. The van der Waals surface area contributed by atoms with Crippen LogP contribution in [0.25, 0.3) is 11.3 Å². The van der Waals surface area contributed by atoms with Gasteiger partial charge in [0.2, 0.25) is 10.0 Å². The molecule has 1 aliphatic heterocycles. The molecule has 1 fully saturated rings. The molecule has 0 radical (unpaired) electrons. The van der Waals surface area contributed by atoms with E-state index in [0.29, 0.717) is 31.7 Å². The van der Waals surface area contributed by atoms with Crippen LogP contribution >= 0.6 is 0 Å². The Balaban J connectivity index is 1.37. The highest BCUT2D eigenvalue weighted by Crippen LogP contribution is 2.21. The van der Waals surface area contributed by atoms with Crippen molar-refractivity contribution >= 4 is 21.7 Å². The SMILES string of the molecule is CCc1ccc(-c2ccc(N3CCN(C(=O)c4ccc(S(=O)(=O)N(C)C)cc4)CC3)nn2)cc1. The van der Waals surface area contributed by atoms with Crippen LogP contribution in [0.4, 0.5) is 5.82 Å². The van der Waals surface area contributed by atoms with Crippen LogP contribution in [-0.2, 0) is 16.4 Å². The maximum absolute atomic E-state index is 12.9. The fraction of sp³-hybridized carbons (Fsp3) is 0.320. The first kappa shape index (κ1) is 23.8. The molecule has 0 unspecified atom stereocenters. The molecule has 4 rings (SSSR count). The number of amides is 1. The van der Waals surface area contributed by atoms with Gasteiger partial charge in [-0.1, -0.05) is 31.2 Å². The van der Waals surface area contributed by atoms with Crippen molar-refractivity contribution < 1.29 is 13.2 Å². The lowest BCUT2D eigenvalue weighted by atomic mass is 10.1. The Kier molecular flexibility index (Phi) is 6.95. The average molecular weight is 480 g/mol. The van der Waals surface area contributed by atoms with Gasteiger partial charge in [0.15, 0.2) is 5.82 Å². The number of hydrogen-bond donors (Lipinski definition) is 0. The Morgan fingerprint density at radius 3 is 2.06 bits per heavy atom. The van der Waals surface area contributed by atoms with Crippen molar-refractivity contribution in [2.45, 2.75) is 18.2 Å². The van der Waals surface area contributed by atoms with Crippen molar-refractivity contribution in [3.8, 4) is 11.3 Å². The van der Waals surface area contributed by atoms with E-state index in [1.54, 1.807) is 17.0 Å². The summed E-state index contributed by atoms with van der Waals surface area (Å²) in [4.78, 5) is 17.0. The van der Waals surface area contributed by atoms with Gasteiger partial charge in [0.05, 0.1) is 10.6 Å². The lowest BCUT2D eigenvalue weighted by Gasteiger charge is -2.35. The van der Waals surface area contributed by atoms with Crippen molar-refractivity contribution in [3.05, 3.63) is 71.8 Å². The third-order valence-corrected chi connectivity index (χ3v) is 7.91. The molecule has 0 aliphatic carbocycles. The molecule has 178 valence electrons. The summed E-state index contributed by atoms with van der Waals surface area (Å²) in [6.07, 6.45) is 1.00. The summed E-state index contributed by atoms with van der Waals surface area (Å²) in [6.45, 7) is 4.54. The molecule has 2 aromatic carbocycles. The highest BCUT2D eigenvalue weighted by molar-refractivity contribution is 7.89. The van der Waals surface area contributed by atoms with E-state index in [4.69, 9.17) is 0 Å². The van der Waals surface area contributed by atoms with E-state index < -0.39 is 10.0 Å². The summed E-state index contributed by atoms with van der Waals surface area (Å²) in [5, 5.41) is 8.80. The van der Waals surface area contributed by atoms with Crippen molar-refractivity contribution in [2.24, 2.45) is 0 Å². The Morgan fingerprint density at radius 2 is 1.53 bits per heavy atom. The maximum atomic E-state index is 12.9. The van der Waals surface area contributed by atoms with Gasteiger partial charge in [-0.05, 0) is 48.4 Å². The van der Waals surface area contributed by atoms with Gasteiger partial charge in [-0.25, -0.2) is 12.7 Å². The number of sulfonamides is 1. The first-order valence-corrected chi connectivity index (χ1v) is 12.7. The molecular formula is C25H29N5O3S. The summed E-state index contributed by atoms with van der Waals surface area (Å²) >= 11 is 0. The van der Waals surface area contributed by atoms with Crippen LogP contribution in [-0.4, -0.2) is 74.0 Å². The van der Waals surface area contributed by atoms with E-state index in [9.17, 15) is 13.2 Å². The molecule has 34 heavy (non-hydrogen) atoms. The molecular weight excluding hydrogens is 450 g/mol. The second-order valence-electron chi connectivity index (χ2n) is 8.42. The average Bonchev–Trinajstić information content (AvgIpc) is 2.88. The second-order valence-corrected chi connectivity index (χ2v) is 10.6. The number of piperazine rings is 1. The summed E-state index contributed by atoms with van der Waals surface area (Å²) in [5.74, 6) is 0.685. The first-order chi connectivity index (χ1) is 16.3. The minimum absolute atomic E-state index is 0.106. The number of carbonyl (C=O) groups excluding carboxylic acids is 1. The monoisotopic (exact) mass is 479 g/mol. The Hall–Kier alpha value is -3.30. The molecule has 0 bridgehead atoms. The molecule has 1 aromatic heterocycles. The molecule has 1 amide bonds. The van der Waals surface area contributed by atoms with Gasteiger partial charge in [0, 0.05) is 51.4 Å². The molecule has 9 heteroatoms. The number of anilines is 1. The predicted molar refractivity (Wildman–Crippen MR) is 132 cm³/mol. The summed E-state index contributed by atoms with van der Waals surface area (Å²) in [7, 11) is -0.554. The van der Waals surface area contributed by atoms with Gasteiger partial charge in [0.25, 0.3) is 5.91 Å². The zero-order valence-corrected chi connectivity index (χ0v) is 20.5. The number of aromatic nitrogens is 2. The van der Waals surface area contributed by atoms with Crippen LogP contribution in [0, 0.1) is 0 Å². The van der Waals surface area contributed by atoms with Gasteiger partial charge in [0.1, 0.15) is 0 Å². The van der Waals surface area contributed by atoms with Crippen LogP contribution in [0.3, 0.4) is 0 Å². The third-order valence-electron chi connectivity index (χ3n) is 6.08. The van der Waals surface area contributed by atoms with Crippen LogP contribution in [0.5, 0.6) is 0 Å². The standard InChI is InChI=1S/C25H29N5O3S/c1-4-19-5-7-20(8-6-19)23-13-14-24(27-26-23)29-15-17-30(18-16-29)25(31)21-9-11-22(12-10-21)34(32,33)28(2)3/h5-14H,4,15-18H2,1-3H3. The lowest BCUT2D eigenvalue weighted by Crippen LogP contribution is -2.49. The smallest absolute Gasteiger partial charge is 0.253 e. The summed E-state index contributed by atoms with van der Waals surface area (Å²) in [6, 6.07) is 18.4. The van der Waals surface area contributed by atoms with Crippen LogP contribution in [0.2, 0.25) is 0 Å². The van der Waals surface area contributed by atoms with E-state index in [2.05, 4.69) is 46.3 Å². The Labute approximate surface area is 200 Å². The number of carbonyl (C=O) groups is 1. The van der Waals surface area contributed by atoms with Crippen molar-refractivity contribution in [1.82, 2.24) is 19.4 Å². The Morgan fingerprint density at radius 1 is 0.882 bits per heavy atom. The fourth-order valence-electron chi connectivity index (χ4n) is 3.86. The number of aryl methyl sites for hydroxylation is 1. The van der Waals surface area contributed by atoms with Gasteiger partial charge >= 0.3 is 0 Å². The fourth-order valence-corrected chi connectivity index (χ4v) is 4.76. The zero-order chi connectivity index (χ0) is 24.3. The largest absolute Gasteiger partial charge is 0.352 e. The summed E-state index contributed by atoms with van der Waals surface area (Å²) < 4.78 is 25.6. The molecule has 0 saturated carbocycles. The maximum Gasteiger partial charge on any atom is 0.253 e. The van der Waals surface area contributed by atoms with Crippen molar-refractivity contribution in [3.63, 3.8) is 0 Å². The van der Waals surface area contributed by atoms with E-state index in [-0.39, 0.29) is 10.8 Å². The molecule has 2 heterocycles. The quantitative estimate of drug-likeness (QED) is 0.540. The van der Waals surface area contributed by atoms with Crippen LogP contribution in [0.15, 0.2) is 65.6 Å². The highest BCUT2D eigenvalue weighted by Gasteiger charge is 2.24. The van der Waals surface area contributed by atoms with Crippen LogP contribution < -0.4 is 4.90 Å². The molecule has 0 N–H and O–H groups in total. The van der Waals surface area contributed by atoms with E-state index in [1.807, 2.05) is 12.1 Å². The third kappa shape index (κ3) is 4.95. The van der Waals surface area contributed by atoms with Gasteiger partial charge in [-0.15, -0.1) is 10.2 Å².